The number of fused-ring (bicyclic) bond motifs is 1. The summed E-state index contributed by atoms with van der Waals surface area (Å²) in [7, 11) is 0. The van der Waals surface area contributed by atoms with Crippen LogP contribution in [-0.2, 0) is 6.42 Å². The highest BCUT2D eigenvalue weighted by atomic mass is 14.6. The number of hydrogen-bond donors (Lipinski definition) is 0. The lowest BCUT2D eigenvalue weighted by Gasteiger charge is -2.05. The highest BCUT2D eigenvalue weighted by molar-refractivity contribution is 5.82. The third kappa shape index (κ3) is 1.94. The molecule has 0 aliphatic carbocycles. The van der Waals surface area contributed by atoms with Crippen molar-refractivity contribution in [2.75, 3.05) is 0 Å². The molecule has 0 aliphatic heterocycles. The molecule has 0 saturated heterocycles. The summed E-state index contributed by atoms with van der Waals surface area (Å²) in [6, 6.07) is 14.7. The van der Waals surface area contributed by atoms with Gasteiger partial charge in [-0.15, -0.1) is 0 Å². The highest BCUT2D eigenvalue weighted by Gasteiger charge is 1.99. The molecule has 2 rings (SSSR count). The van der Waals surface area contributed by atoms with Gasteiger partial charge in [0.1, 0.15) is 0 Å². The van der Waals surface area contributed by atoms with Gasteiger partial charge in [0, 0.05) is 6.04 Å². The Balaban J connectivity index is 2.41. The topological polar surface area (TPSA) is 23.8 Å². The first-order valence-electron chi connectivity index (χ1n) is 4.94. The molecule has 1 atom stereocenters. The van der Waals surface area contributed by atoms with Crippen LogP contribution in [0.1, 0.15) is 12.5 Å². The molecule has 71 valence electrons. The molecule has 0 aliphatic rings. The normalized spacial score (nSPS) is 13.0. The molecule has 2 aromatic rings. The molecule has 0 heterocycles. The Hall–Kier alpha value is -1.34. The van der Waals surface area contributed by atoms with Gasteiger partial charge in [0.15, 0.2) is 0 Å². The minimum Gasteiger partial charge on any atom is -0.254 e. The van der Waals surface area contributed by atoms with Gasteiger partial charge in [-0.05, 0) is 29.7 Å². The van der Waals surface area contributed by atoms with Crippen LogP contribution in [0.25, 0.3) is 10.8 Å². The number of benzene rings is 2. The fourth-order valence-electron chi connectivity index (χ4n) is 1.72. The van der Waals surface area contributed by atoms with E-state index in [-0.39, 0.29) is 6.04 Å². The van der Waals surface area contributed by atoms with Crippen LogP contribution in [0.4, 0.5) is 0 Å². The van der Waals surface area contributed by atoms with E-state index in [1.807, 2.05) is 6.92 Å². The molecule has 1 nitrogen and oxygen atoms in total. The van der Waals surface area contributed by atoms with Gasteiger partial charge in [-0.25, -0.2) is 0 Å². The first kappa shape index (κ1) is 9.22. The molecular weight excluding hydrogens is 170 g/mol. The maximum atomic E-state index is 7.52. The number of nitrogens with one attached hydrogen (secondary N) is 1. The van der Waals surface area contributed by atoms with Crippen molar-refractivity contribution >= 4 is 10.8 Å². The monoisotopic (exact) mass is 184 g/mol. The number of rotatable bonds is 2. The third-order valence-electron chi connectivity index (χ3n) is 2.36. The summed E-state index contributed by atoms with van der Waals surface area (Å²) < 4.78 is 0. The minimum atomic E-state index is -0.0174. The molecule has 0 saturated carbocycles. The van der Waals surface area contributed by atoms with E-state index in [0.717, 1.165) is 6.42 Å². The van der Waals surface area contributed by atoms with Gasteiger partial charge in [0.05, 0.1) is 0 Å². The van der Waals surface area contributed by atoms with Crippen LogP contribution in [0.3, 0.4) is 0 Å². The van der Waals surface area contributed by atoms with Crippen molar-refractivity contribution in [2.45, 2.75) is 19.4 Å². The van der Waals surface area contributed by atoms with Gasteiger partial charge in [-0.3, -0.25) is 5.73 Å². The molecule has 0 aromatic heterocycles. The average Bonchev–Trinajstić information content (AvgIpc) is 2.17. The van der Waals surface area contributed by atoms with E-state index in [2.05, 4.69) is 42.5 Å². The van der Waals surface area contributed by atoms with Gasteiger partial charge in [0.25, 0.3) is 0 Å². The second kappa shape index (κ2) is 3.81. The second-order valence-electron chi connectivity index (χ2n) is 3.79. The van der Waals surface area contributed by atoms with Gasteiger partial charge >= 0.3 is 0 Å². The Bertz CT molecular complexity index is 432. The first-order valence-corrected chi connectivity index (χ1v) is 4.94. The van der Waals surface area contributed by atoms with E-state index in [0.29, 0.717) is 0 Å². The van der Waals surface area contributed by atoms with Crippen molar-refractivity contribution in [3.05, 3.63) is 48.0 Å². The lowest BCUT2D eigenvalue weighted by molar-refractivity contribution is 0.715. The van der Waals surface area contributed by atoms with E-state index in [9.17, 15) is 0 Å². The van der Waals surface area contributed by atoms with Crippen molar-refractivity contribution < 1.29 is 0 Å². The Morgan fingerprint density at radius 2 is 1.79 bits per heavy atom. The summed E-state index contributed by atoms with van der Waals surface area (Å²) in [6.45, 7) is 1.93. The van der Waals surface area contributed by atoms with Crippen molar-refractivity contribution in [3.63, 3.8) is 0 Å². The Kier molecular flexibility index (Phi) is 2.51. The van der Waals surface area contributed by atoms with Crippen molar-refractivity contribution in [1.82, 2.24) is 5.73 Å². The molecule has 1 unspecified atom stereocenters. The SMILES string of the molecule is CC([NH])Cc1ccc2ccccc2c1. The molecule has 0 spiro atoms. The number of hydrogen-bond acceptors (Lipinski definition) is 0. The van der Waals surface area contributed by atoms with Gasteiger partial charge in [0.2, 0.25) is 0 Å². The van der Waals surface area contributed by atoms with Crippen molar-refractivity contribution in [2.24, 2.45) is 0 Å². The Labute approximate surface area is 84.5 Å². The van der Waals surface area contributed by atoms with Crippen LogP contribution in [-0.4, -0.2) is 6.04 Å². The van der Waals surface area contributed by atoms with Gasteiger partial charge in [-0.2, -0.15) is 0 Å². The van der Waals surface area contributed by atoms with Crippen LogP contribution in [0, 0.1) is 0 Å². The van der Waals surface area contributed by atoms with Crippen LogP contribution in [0.2, 0.25) is 0 Å². The molecule has 1 radical (unpaired) electrons. The zero-order valence-corrected chi connectivity index (χ0v) is 8.33. The zero-order valence-electron chi connectivity index (χ0n) is 8.33. The Morgan fingerprint density at radius 3 is 2.50 bits per heavy atom. The summed E-state index contributed by atoms with van der Waals surface area (Å²) in [5.74, 6) is 0. The predicted molar refractivity (Wildman–Crippen MR) is 60.2 cm³/mol. The summed E-state index contributed by atoms with van der Waals surface area (Å²) in [5.41, 5.74) is 8.78. The zero-order chi connectivity index (χ0) is 9.97. The average molecular weight is 184 g/mol. The van der Waals surface area contributed by atoms with Crippen molar-refractivity contribution in [3.8, 4) is 0 Å². The lowest BCUT2D eigenvalue weighted by Crippen LogP contribution is -2.06. The Morgan fingerprint density at radius 1 is 1.07 bits per heavy atom. The summed E-state index contributed by atoms with van der Waals surface area (Å²) >= 11 is 0. The fourth-order valence-corrected chi connectivity index (χ4v) is 1.72. The quantitative estimate of drug-likeness (QED) is 0.685. The molecule has 2 aromatic carbocycles. The summed E-state index contributed by atoms with van der Waals surface area (Å²) in [4.78, 5) is 0. The lowest BCUT2D eigenvalue weighted by atomic mass is 10.0. The predicted octanol–water partition coefficient (Wildman–Crippen LogP) is 3.05. The standard InChI is InChI=1S/C13H14N/c1-10(14)8-11-6-7-12-4-2-3-5-13(12)9-11/h2-7,9-10,14H,8H2,1H3. The maximum absolute atomic E-state index is 7.52. The molecule has 0 fully saturated rings. The molecular formula is C13H14N. The fraction of sp³-hybridized carbons (Fsp3) is 0.231. The smallest absolute Gasteiger partial charge is 0.0225 e. The minimum absolute atomic E-state index is 0.0174. The molecule has 0 amide bonds. The maximum Gasteiger partial charge on any atom is 0.0225 e. The summed E-state index contributed by atoms with van der Waals surface area (Å²) in [6.07, 6.45) is 0.838. The van der Waals surface area contributed by atoms with E-state index in [4.69, 9.17) is 5.73 Å². The molecule has 0 bridgehead atoms. The third-order valence-corrected chi connectivity index (χ3v) is 2.36. The van der Waals surface area contributed by atoms with E-state index in [1.54, 1.807) is 0 Å². The largest absolute Gasteiger partial charge is 0.254 e. The summed E-state index contributed by atoms with van der Waals surface area (Å²) in [5, 5.41) is 2.54. The van der Waals surface area contributed by atoms with E-state index < -0.39 is 0 Å². The van der Waals surface area contributed by atoms with Gasteiger partial charge < -0.3 is 0 Å². The highest BCUT2D eigenvalue weighted by Crippen LogP contribution is 2.16. The van der Waals surface area contributed by atoms with Crippen molar-refractivity contribution in [1.29, 1.82) is 0 Å². The first-order chi connectivity index (χ1) is 6.75. The molecule has 1 N–H and O–H groups in total. The van der Waals surface area contributed by atoms with E-state index >= 15 is 0 Å². The van der Waals surface area contributed by atoms with Crippen LogP contribution >= 0.6 is 0 Å². The van der Waals surface area contributed by atoms with E-state index in [1.165, 1.54) is 16.3 Å². The van der Waals surface area contributed by atoms with Gasteiger partial charge in [-0.1, -0.05) is 42.5 Å². The van der Waals surface area contributed by atoms with Crippen LogP contribution in [0.5, 0.6) is 0 Å². The second-order valence-corrected chi connectivity index (χ2v) is 3.79. The van der Waals surface area contributed by atoms with Crippen LogP contribution < -0.4 is 5.73 Å². The van der Waals surface area contributed by atoms with Crippen LogP contribution in [0.15, 0.2) is 42.5 Å². The molecule has 1 heteroatoms. The molecule has 14 heavy (non-hydrogen) atoms.